The highest BCUT2D eigenvalue weighted by Crippen LogP contribution is 2.69. The predicted molar refractivity (Wildman–Crippen MR) is 115 cm³/mol. The summed E-state index contributed by atoms with van der Waals surface area (Å²) in [6.45, 7) is 6.10. The monoisotopic (exact) mass is 440 g/mol. The van der Waals surface area contributed by atoms with Crippen molar-refractivity contribution in [3.8, 4) is 5.88 Å². The van der Waals surface area contributed by atoms with E-state index in [-0.39, 0.29) is 23.3 Å². The maximum Gasteiger partial charge on any atom is 0.255 e. The van der Waals surface area contributed by atoms with Crippen LogP contribution in [0, 0.1) is 24.7 Å². The van der Waals surface area contributed by atoms with Crippen LogP contribution >= 0.6 is 11.3 Å². The largest absolute Gasteiger partial charge is 0.472 e. The quantitative estimate of drug-likeness (QED) is 0.582. The van der Waals surface area contributed by atoms with E-state index in [1.165, 1.54) is 0 Å². The minimum Gasteiger partial charge on any atom is -0.472 e. The standard InChI is InChI=1S/C22H24N4O4S/c1-11-18(19(27)26-16-7-22(16,20(23)28)21(3)4-5-21)14-6-17(25-9-15(14)30-11)29-10-13-8-24-12(2)31-13/h6,8-9,16H,4-5,7,10H2,1-3H3,(H2,23,28)(H,26,27). The van der Waals surface area contributed by atoms with Gasteiger partial charge in [0, 0.05) is 23.7 Å². The summed E-state index contributed by atoms with van der Waals surface area (Å²) in [5.41, 5.74) is 5.92. The van der Waals surface area contributed by atoms with E-state index in [2.05, 4.69) is 22.2 Å². The molecule has 2 amide bonds. The summed E-state index contributed by atoms with van der Waals surface area (Å²) in [5.74, 6) is 0.290. The molecule has 3 N–H and O–H groups in total. The smallest absolute Gasteiger partial charge is 0.255 e. The van der Waals surface area contributed by atoms with Crippen molar-refractivity contribution < 1.29 is 18.7 Å². The van der Waals surface area contributed by atoms with Gasteiger partial charge in [0.2, 0.25) is 11.8 Å². The number of primary amides is 1. The van der Waals surface area contributed by atoms with E-state index in [9.17, 15) is 9.59 Å². The molecule has 8 nitrogen and oxygen atoms in total. The van der Waals surface area contributed by atoms with Crippen LogP contribution in [0.3, 0.4) is 0 Å². The first-order chi connectivity index (χ1) is 14.7. The molecule has 162 valence electrons. The van der Waals surface area contributed by atoms with Crippen molar-refractivity contribution in [3.63, 3.8) is 0 Å². The Morgan fingerprint density at radius 3 is 2.74 bits per heavy atom. The summed E-state index contributed by atoms with van der Waals surface area (Å²) in [7, 11) is 0. The van der Waals surface area contributed by atoms with Gasteiger partial charge in [0.15, 0.2) is 5.58 Å². The van der Waals surface area contributed by atoms with Crippen molar-refractivity contribution in [1.82, 2.24) is 15.3 Å². The van der Waals surface area contributed by atoms with E-state index in [1.807, 2.05) is 6.92 Å². The highest BCUT2D eigenvalue weighted by molar-refractivity contribution is 7.11. The van der Waals surface area contributed by atoms with Crippen LogP contribution in [0.2, 0.25) is 0 Å². The fourth-order valence-electron chi connectivity index (χ4n) is 4.62. The number of nitrogens with one attached hydrogen (secondary N) is 1. The number of nitrogens with zero attached hydrogens (tertiary/aromatic N) is 2. The van der Waals surface area contributed by atoms with Crippen LogP contribution in [-0.2, 0) is 11.4 Å². The van der Waals surface area contributed by atoms with E-state index >= 15 is 0 Å². The molecule has 9 heteroatoms. The lowest BCUT2D eigenvalue weighted by Gasteiger charge is -2.21. The molecule has 0 aliphatic heterocycles. The molecular formula is C22H24N4O4S. The zero-order valence-electron chi connectivity index (χ0n) is 17.7. The second-order valence-electron chi connectivity index (χ2n) is 8.81. The summed E-state index contributed by atoms with van der Waals surface area (Å²) in [6.07, 6.45) is 5.84. The number of aromatic nitrogens is 2. The predicted octanol–water partition coefficient (Wildman–Crippen LogP) is 3.25. The summed E-state index contributed by atoms with van der Waals surface area (Å²) < 4.78 is 11.5. The van der Waals surface area contributed by atoms with Crippen molar-refractivity contribution in [2.45, 2.75) is 52.7 Å². The van der Waals surface area contributed by atoms with Crippen LogP contribution in [0.5, 0.6) is 5.88 Å². The maximum atomic E-state index is 13.2. The third-order valence-corrected chi connectivity index (χ3v) is 7.65. The summed E-state index contributed by atoms with van der Waals surface area (Å²) in [6, 6.07) is 1.46. The first-order valence-electron chi connectivity index (χ1n) is 10.3. The Morgan fingerprint density at radius 2 is 2.10 bits per heavy atom. The second kappa shape index (κ2) is 6.78. The maximum absolute atomic E-state index is 13.2. The van der Waals surface area contributed by atoms with Crippen LogP contribution in [0.15, 0.2) is 22.9 Å². The van der Waals surface area contributed by atoms with Gasteiger partial charge in [-0.15, -0.1) is 11.3 Å². The molecule has 0 radical (unpaired) electrons. The lowest BCUT2D eigenvalue weighted by Crippen LogP contribution is -2.40. The molecule has 2 atom stereocenters. The van der Waals surface area contributed by atoms with Crippen molar-refractivity contribution in [2.24, 2.45) is 16.6 Å². The summed E-state index contributed by atoms with van der Waals surface area (Å²) in [4.78, 5) is 34.8. The first-order valence-corrected chi connectivity index (χ1v) is 11.1. The number of hydrogen-bond acceptors (Lipinski definition) is 7. The second-order valence-corrected chi connectivity index (χ2v) is 10.1. The third kappa shape index (κ3) is 3.18. The van der Waals surface area contributed by atoms with Crippen LogP contribution in [-0.4, -0.2) is 27.8 Å². The molecule has 3 aromatic heterocycles. The fourth-order valence-corrected chi connectivity index (χ4v) is 5.33. The molecule has 0 aromatic carbocycles. The molecule has 2 aliphatic carbocycles. The Hall–Kier alpha value is -2.94. The third-order valence-electron chi connectivity index (χ3n) is 6.77. The number of amides is 2. The van der Waals surface area contributed by atoms with Gasteiger partial charge in [0.25, 0.3) is 5.91 Å². The van der Waals surface area contributed by atoms with Crippen molar-refractivity contribution in [3.05, 3.63) is 39.7 Å². The number of ether oxygens (including phenoxy) is 1. The Kier molecular flexibility index (Phi) is 4.37. The van der Waals surface area contributed by atoms with Crippen molar-refractivity contribution >= 4 is 34.1 Å². The van der Waals surface area contributed by atoms with Gasteiger partial charge in [0.05, 0.1) is 27.1 Å². The molecule has 3 aromatic rings. The minimum atomic E-state index is -0.640. The number of carbonyl (C=O) groups excluding carboxylic acids is 2. The van der Waals surface area contributed by atoms with Crippen LogP contribution < -0.4 is 15.8 Å². The number of fused-ring (bicyclic) bond motifs is 1. The average Bonchev–Trinajstić information content (AvgIpc) is 3.55. The van der Waals surface area contributed by atoms with Crippen molar-refractivity contribution in [1.29, 1.82) is 0 Å². The molecule has 2 saturated carbocycles. The van der Waals surface area contributed by atoms with Gasteiger partial charge in [-0.3, -0.25) is 9.59 Å². The summed E-state index contributed by atoms with van der Waals surface area (Å²) >= 11 is 1.56. The van der Waals surface area contributed by atoms with Gasteiger partial charge in [0.1, 0.15) is 12.4 Å². The van der Waals surface area contributed by atoms with E-state index in [0.717, 1.165) is 22.7 Å². The fraction of sp³-hybridized carbons (Fsp3) is 0.455. The Labute approximate surface area is 183 Å². The number of carbonyl (C=O) groups is 2. The average molecular weight is 441 g/mol. The van der Waals surface area contributed by atoms with Gasteiger partial charge >= 0.3 is 0 Å². The Bertz CT molecular complexity index is 1210. The lowest BCUT2D eigenvalue weighted by atomic mass is 9.85. The Balaban J connectivity index is 1.37. The van der Waals surface area contributed by atoms with E-state index in [0.29, 0.717) is 41.2 Å². The van der Waals surface area contributed by atoms with Gasteiger partial charge < -0.3 is 20.2 Å². The number of thiazole rings is 1. The molecule has 5 rings (SSSR count). The normalized spacial score (nSPS) is 23.5. The van der Waals surface area contributed by atoms with Crippen LogP contribution in [0.1, 0.15) is 52.2 Å². The topological polar surface area (TPSA) is 120 Å². The van der Waals surface area contributed by atoms with Crippen molar-refractivity contribution in [2.75, 3.05) is 0 Å². The van der Waals surface area contributed by atoms with Crippen LogP contribution in [0.25, 0.3) is 11.0 Å². The number of aryl methyl sites for hydroxylation is 2. The molecular weight excluding hydrogens is 416 g/mol. The number of furan rings is 1. The zero-order valence-corrected chi connectivity index (χ0v) is 18.5. The number of nitrogens with two attached hydrogens (primary N) is 1. The Morgan fingerprint density at radius 1 is 1.32 bits per heavy atom. The molecule has 2 fully saturated rings. The van der Waals surface area contributed by atoms with E-state index < -0.39 is 5.41 Å². The highest BCUT2D eigenvalue weighted by Gasteiger charge is 2.73. The molecule has 2 aliphatic rings. The number of pyridine rings is 1. The highest BCUT2D eigenvalue weighted by atomic mass is 32.1. The lowest BCUT2D eigenvalue weighted by molar-refractivity contribution is -0.125. The van der Waals surface area contributed by atoms with Gasteiger partial charge in [-0.25, -0.2) is 9.97 Å². The molecule has 0 saturated heterocycles. The summed E-state index contributed by atoms with van der Waals surface area (Å²) in [5, 5.41) is 4.62. The minimum absolute atomic E-state index is 0.107. The molecule has 0 bridgehead atoms. The van der Waals surface area contributed by atoms with Crippen LogP contribution in [0.4, 0.5) is 0 Å². The first kappa shape index (κ1) is 20.0. The van der Waals surface area contributed by atoms with E-state index in [1.54, 1.807) is 36.7 Å². The molecule has 0 spiro atoms. The SMILES string of the molecule is Cc1ncc(COc2cc3c(C(=O)NC4CC4(C(N)=O)C4(C)CC4)c(C)oc3cn2)s1. The zero-order chi connectivity index (χ0) is 22.0. The molecule has 3 heterocycles. The number of rotatable bonds is 7. The van der Waals surface area contributed by atoms with E-state index in [4.69, 9.17) is 14.9 Å². The number of hydrogen-bond donors (Lipinski definition) is 2. The molecule has 2 unspecified atom stereocenters. The molecule has 31 heavy (non-hydrogen) atoms. The van der Waals surface area contributed by atoms with Gasteiger partial charge in [-0.05, 0) is 38.5 Å². The van der Waals surface area contributed by atoms with Gasteiger partial charge in [-0.1, -0.05) is 6.92 Å². The van der Waals surface area contributed by atoms with Gasteiger partial charge in [-0.2, -0.15) is 0 Å².